The summed E-state index contributed by atoms with van der Waals surface area (Å²) in [4.78, 5) is 25.1. The number of carbonyl (C=O) groups is 2. The lowest BCUT2D eigenvalue weighted by Gasteiger charge is -2.32. The molecule has 1 aliphatic heterocycles. The summed E-state index contributed by atoms with van der Waals surface area (Å²) >= 11 is 0. The van der Waals surface area contributed by atoms with Gasteiger partial charge in [-0.2, -0.15) is 0 Å². The van der Waals surface area contributed by atoms with Gasteiger partial charge in [0, 0.05) is 6.54 Å². The smallest absolute Gasteiger partial charge is 0.268 e. The maximum atomic E-state index is 12.0. The first kappa shape index (κ1) is 12.4. The summed E-state index contributed by atoms with van der Waals surface area (Å²) in [6, 6.07) is 7.23. The largest absolute Gasteiger partial charge is 0.479 e. The standard InChI is InChI=1S/C13H16N2O3/c1-3-14-12(16)8-15-10-6-4-5-7-11(10)18-9(2)13(15)17/h4-7,9H,3,8H2,1-2H3,(H,14,16). The van der Waals surface area contributed by atoms with Crippen LogP contribution in [0.3, 0.4) is 0 Å². The molecule has 0 aliphatic carbocycles. The zero-order valence-electron chi connectivity index (χ0n) is 10.5. The third kappa shape index (κ3) is 2.30. The highest BCUT2D eigenvalue weighted by Crippen LogP contribution is 2.33. The predicted molar refractivity (Wildman–Crippen MR) is 67.6 cm³/mol. The Balaban J connectivity index is 2.27. The van der Waals surface area contributed by atoms with Crippen molar-refractivity contribution in [2.45, 2.75) is 20.0 Å². The van der Waals surface area contributed by atoms with Crippen molar-refractivity contribution >= 4 is 17.5 Å². The average Bonchev–Trinajstić information content (AvgIpc) is 2.35. The summed E-state index contributed by atoms with van der Waals surface area (Å²) < 4.78 is 5.49. The Morgan fingerprint density at radius 2 is 2.17 bits per heavy atom. The van der Waals surface area contributed by atoms with Crippen LogP contribution in [0.25, 0.3) is 0 Å². The lowest BCUT2D eigenvalue weighted by atomic mass is 10.2. The third-order valence-corrected chi connectivity index (χ3v) is 2.75. The van der Waals surface area contributed by atoms with E-state index in [1.807, 2.05) is 19.1 Å². The van der Waals surface area contributed by atoms with Crippen molar-refractivity contribution < 1.29 is 14.3 Å². The minimum atomic E-state index is -0.561. The summed E-state index contributed by atoms with van der Waals surface area (Å²) in [5.74, 6) is 0.267. The van der Waals surface area contributed by atoms with Crippen molar-refractivity contribution in [1.82, 2.24) is 5.32 Å². The van der Waals surface area contributed by atoms with E-state index in [-0.39, 0.29) is 18.4 Å². The van der Waals surface area contributed by atoms with Crippen LogP contribution in [-0.4, -0.2) is 31.0 Å². The molecule has 2 amide bonds. The zero-order chi connectivity index (χ0) is 13.1. The predicted octanol–water partition coefficient (Wildman–Crippen LogP) is 0.937. The molecule has 5 nitrogen and oxygen atoms in total. The molecular weight excluding hydrogens is 232 g/mol. The average molecular weight is 248 g/mol. The fraction of sp³-hybridized carbons (Fsp3) is 0.385. The molecule has 1 atom stereocenters. The minimum absolute atomic E-state index is 0.0252. The molecule has 1 N–H and O–H groups in total. The van der Waals surface area contributed by atoms with Gasteiger partial charge in [-0.3, -0.25) is 14.5 Å². The van der Waals surface area contributed by atoms with Gasteiger partial charge >= 0.3 is 0 Å². The van der Waals surface area contributed by atoms with Crippen LogP contribution in [0, 0.1) is 0 Å². The monoisotopic (exact) mass is 248 g/mol. The molecule has 0 aromatic heterocycles. The Kier molecular flexibility index (Phi) is 3.50. The maximum absolute atomic E-state index is 12.0. The van der Waals surface area contributed by atoms with Crippen LogP contribution in [0.15, 0.2) is 24.3 Å². The van der Waals surface area contributed by atoms with Crippen LogP contribution in [0.1, 0.15) is 13.8 Å². The van der Waals surface area contributed by atoms with Crippen molar-refractivity contribution in [2.75, 3.05) is 18.0 Å². The van der Waals surface area contributed by atoms with Gasteiger partial charge in [-0.15, -0.1) is 0 Å². The molecule has 0 fully saturated rings. The number of fused-ring (bicyclic) bond motifs is 1. The molecule has 5 heteroatoms. The van der Waals surface area contributed by atoms with Crippen molar-refractivity contribution in [3.8, 4) is 5.75 Å². The number of benzene rings is 1. The number of nitrogens with one attached hydrogen (secondary N) is 1. The van der Waals surface area contributed by atoms with Gasteiger partial charge in [0.2, 0.25) is 5.91 Å². The molecular formula is C13H16N2O3. The minimum Gasteiger partial charge on any atom is -0.479 e. The van der Waals surface area contributed by atoms with Gasteiger partial charge in [-0.1, -0.05) is 12.1 Å². The highest BCUT2D eigenvalue weighted by atomic mass is 16.5. The van der Waals surface area contributed by atoms with Crippen molar-refractivity contribution in [2.24, 2.45) is 0 Å². The van der Waals surface area contributed by atoms with E-state index in [9.17, 15) is 9.59 Å². The Labute approximate surface area is 106 Å². The maximum Gasteiger partial charge on any atom is 0.268 e. The zero-order valence-corrected chi connectivity index (χ0v) is 10.5. The molecule has 0 saturated heterocycles. The summed E-state index contributed by atoms with van der Waals surface area (Å²) in [5, 5.41) is 2.69. The fourth-order valence-electron chi connectivity index (χ4n) is 1.92. The van der Waals surface area contributed by atoms with E-state index >= 15 is 0 Å². The van der Waals surface area contributed by atoms with E-state index < -0.39 is 6.10 Å². The number of anilines is 1. The van der Waals surface area contributed by atoms with Crippen molar-refractivity contribution in [3.05, 3.63) is 24.3 Å². The number of para-hydroxylation sites is 2. The topological polar surface area (TPSA) is 58.6 Å². The Morgan fingerprint density at radius 3 is 2.89 bits per heavy atom. The number of ether oxygens (including phenoxy) is 1. The van der Waals surface area contributed by atoms with Gasteiger partial charge < -0.3 is 10.1 Å². The van der Waals surface area contributed by atoms with E-state index in [4.69, 9.17) is 4.74 Å². The molecule has 1 aromatic rings. The molecule has 18 heavy (non-hydrogen) atoms. The molecule has 1 aromatic carbocycles. The Morgan fingerprint density at radius 1 is 1.44 bits per heavy atom. The van der Waals surface area contributed by atoms with Crippen LogP contribution in [0.5, 0.6) is 5.75 Å². The van der Waals surface area contributed by atoms with E-state index in [1.54, 1.807) is 19.1 Å². The van der Waals surface area contributed by atoms with Gasteiger partial charge in [0.1, 0.15) is 12.3 Å². The van der Waals surface area contributed by atoms with Gasteiger partial charge in [-0.25, -0.2) is 0 Å². The Bertz CT molecular complexity index is 473. The van der Waals surface area contributed by atoms with Crippen molar-refractivity contribution in [1.29, 1.82) is 0 Å². The number of likely N-dealkylation sites (N-methyl/N-ethyl adjacent to an activating group) is 1. The van der Waals surface area contributed by atoms with Crippen LogP contribution >= 0.6 is 0 Å². The van der Waals surface area contributed by atoms with Gasteiger partial charge in [0.15, 0.2) is 6.10 Å². The number of amides is 2. The second kappa shape index (κ2) is 5.08. The number of hydrogen-bond donors (Lipinski definition) is 1. The van der Waals surface area contributed by atoms with E-state index in [1.165, 1.54) is 4.90 Å². The van der Waals surface area contributed by atoms with Crippen LogP contribution < -0.4 is 15.0 Å². The molecule has 0 saturated carbocycles. The highest BCUT2D eigenvalue weighted by molar-refractivity contribution is 6.03. The summed E-state index contributed by atoms with van der Waals surface area (Å²) in [6.45, 7) is 4.10. The Hall–Kier alpha value is -2.04. The molecule has 0 spiro atoms. The van der Waals surface area contributed by atoms with Gasteiger partial charge in [0.25, 0.3) is 5.91 Å². The van der Waals surface area contributed by atoms with Gasteiger partial charge in [-0.05, 0) is 26.0 Å². The van der Waals surface area contributed by atoms with Crippen LogP contribution in [0.4, 0.5) is 5.69 Å². The molecule has 0 radical (unpaired) electrons. The normalized spacial score (nSPS) is 18.0. The van der Waals surface area contributed by atoms with Crippen LogP contribution in [0.2, 0.25) is 0 Å². The second-order valence-corrected chi connectivity index (χ2v) is 4.11. The van der Waals surface area contributed by atoms with E-state index in [0.29, 0.717) is 18.0 Å². The molecule has 2 rings (SSSR count). The molecule has 0 bridgehead atoms. The third-order valence-electron chi connectivity index (χ3n) is 2.75. The summed E-state index contributed by atoms with van der Waals surface area (Å²) in [5.41, 5.74) is 0.645. The highest BCUT2D eigenvalue weighted by Gasteiger charge is 2.32. The van der Waals surface area contributed by atoms with E-state index in [0.717, 1.165) is 0 Å². The van der Waals surface area contributed by atoms with E-state index in [2.05, 4.69) is 5.32 Å². The first-order chi connectivity index (χ1) is 8.63. The molecule has 96 valence electrons. The number of nitrogens with zero attached hydrogens (tertiary/aromatic N) is 1. The quantitative estimate of drug-likeness (QED) is 0.866. The molecule has 1 aliphatic rings. The first-order valence-electron chi connectivity index (χ1n) is 5.97. The number of hydrogen-bond acceptors (Lipinski definition) is 3. The second-order valence-electron chi connectivity index (χ2n) is 4.11. The molecule has 1 heterocycles. The fourth-order valence-corrected chi connectivity index (χ4v) is 1.92. The summed E-state index contributed by atoms with van der Waals surface area (Å²) in [6.07, 6.45) is -0.561. The molecule has 1 unspecified atom stereocenters. The SMILES string of the molecule is CCNC(=O)CN1C(=O)C(C)Oc2ccccc21. The number of rotatable bonds is 3. The lowest BCUT2D eigenvalue weighted by molar-refractivity contribution is -0.128. The van der Waals surface area contributed by atoms with Crippen LogP contribution in [-0.2, 0) is 9.59 Å². The van der Waals surface area contributed by atoms with Gasteiger partial charge in [0.05, 0.1) is 5.69 Å². The summed E-state index contributed by atoms with van der Waals surface area (Å²) in [7, 11) is 0. The number of carbonyl (C=O) groups excluding carboxylic acids is 2. The van der Waals surface area contributed by atoms with Crippen molar-refractivity contribution in [3.63, 3.8) is 0 Å². The first-order valence-corrected chi connectivity index (χ1v) is 5.97. The lowest BCUT2D eigenvalue weighted by Crippen LogP contribution is -2.48.